The number of aromatic nitrogens is 2. The van der Waals surface area contributed by atoms with Gasteiger partial charge < -0.3 is 14.6 Å². The largest absolute Gasteiger partial charge is 0.435 e. The molecular weight excluding hydrogens is 452 g/mol. The fourth-order valence-corrected chi connectivity index (χ4v) is 3.81. The summed E-state index contributed by atoms with van der Waals surface area (Å²) in [6.07, 6.45) is 3.17. The second kappa shape index (κ2) is 13.1. The van der Waals surface area contributed by atoms with E-state index in [2.05, 4.69) is 11.5 Å². The van der Waals surface area contributed by atoms with Gasteiger partial charge in [0.15, 0.2) is 11.6 Å². The van der Waals surface area contributed by atoms with Gasteiger partial charge in [0.05, 0.1) is 29.7 Å². The minimum atomic E-state index is -0.800. The average Bonchev–Trinajstić information content (AvgIpc) is 3.20. The quantitative estimate of drug-likeness (QED) is 0.315. The number of benzene rings is 2. The van der Waals surface area contributed by atoms with Crippen molar-refractivity contribution in [2.75, 3.05) is 26.8 Å². The molecule has 1 atom stereocenters. The van der Waals surface area contributed by atoms with Gasteiger partial charge in [-0.3, -0.25) is 4.90 Å². The standard InChI is InChI=1S/C27H33F2N3O3/c1-4-6-12-22(33)18-31(15-16-34-3)19-23-25(5-2)30-32(21-10-8-7-9-11-21)27(23)35-26-14-13-20(28)17-24(26)29/h4,7-11,13-14,17,22,33H,1,5-6,12,15-16,18-19H2,2-3H3/t22-/m0/s1. The Kier molecular flexibility index (Phi) is 9.96. The van der Waals surface area contributed by atoms with Crippen molar-refractivity contribution in [1.82, 2.24) is 14.7 Å². The van der Waals surface area contributed by atoms with Gasteiger partial charge >= 0.3 is 0 Å². The highest BCUT2D eigenvalue weighted by molar-refractivity contribution is 5.44. The molecule has 3 rings (SSSR count). The van der Waals surface area contributed by atoms with Crippen LogP contribution in [0.1, 0.15) is 31.0 Å². The first-order chi connectivity index (χ1) is 17.0. The number of hydrogen-bond donors (Lipinski definition) is 1. The molecule has 1 N–H and O–H groups in total. The highest BCUT2D eigenvalue weighted by Crippen LogP contribution is 2.33. The maximum Gasteiger partial charge on any atom is 0.227 e. The second-order valence-electron chi connectivity index (χ2n) is 8.26. The first-order valence-electron chi connectivity index (χ1n) is 11.8. The van der Waals surface area contributed by atoms with Crippen LogP contribution in [0.5, 0.6) is 11.6 Å². The van der Waals surface area contributed by atoms with E-state index >= 15 is 0 Å². The lowest BCUT2D eigenvalue weighted by atomic mass is 10.1. The van der Waals surface area contributed by atoms with Crippen molar-refractivity contribution in [2.24, 2.45) is 0 Å². The number of para-hydroxylation sites is 1. The van der Waals surface area contributed by atoms with Crippen molar-refractivity contribution < 1.29 is 23.4 Å². The summed E-state index contributed by atoms with van der Waals surface area (Å²) in [6, 6.07) is 12.6. The number of halogens is 2. The number of rotatable bonds is 14. The van der Waals surface area contributed by atoms with E-state index in [4.69, 9.17) is 14.6 Å². The zero-order chi connectivity index (χ0) is 25.2. The van der Waals surface area contributed by atoms with Crippen molar-refractivity contribution in [3.05, 3.63) is 84.1 Å². The molecule has 0 spiro atoms. The van der Waals surface area contributed by atoms with Gasteiger partial charge in [0.25, 0.3) is 0 Å². The first kappa shape index (κ1) is 26.5. The molecule has 0 aliphatic carbocycles. The van der Waals surface area contributed by atoms with E-state index in [1.807, 2.05) is 37.3 Å². The molecule has 0 fully saturated rings. The van der Waals surface area contributed by atoms with E-state index in [0.29, 0.717) is 51.4 Å². The number of allylic oxidation sites excluding steroid dienone is 1. The van der Waals surface area contributed by atoms with Crippen LogP contribution in [-0.4, -0.2) is 52.7 Å². The molecule has 1 aromatic heterocycles. The fourth-order valence-electron chi connectivity index (χ4n) is 3.81. The predicted molar refractivity (Wildman–Crippen MR) is 132 cm³/mol. The number of aliphatic hydroxyl groups is 1. The van der Waals surface area contributed by atoms with E-state index < -0.39 is 17.7 Å². The summed E-state index contributed by atoms with van der Waals surface area (Å²) in [4.78, 5) is 2.07. The van der Waals surface area contributed by atoms with E-state index in [-0.39, 0.29) is 5.75 Å². The Labute approximate surface area is 205 Å². The SMILES string of the molecule is C=CCC[C@H](O)CN(CCOC)Cc1c(CC)nn(-c2ccccc2)c1Oc1ccc(F)cc1F. The number of aliphatic hydroxyl groups excluding tert-OH is 1. The molecule has 0 aliphatic rings. The summed E-state index contributed by atoms with van der Waals surface area (Å²) < 4.78 is 41.0. The molecule has 0 radical (unpaired) electrons. The number of aryl methyl sites for hydroxylation is 1. The van der Waals surface area contributed by atoms with Crippen LogP contribution >= 0.6 is 0 Å². The van der Waals surface area contributed by atoms with Gasteiger partial charge in [-0.15, -0.1) is 6.58 Å². The Bertz CT molecular complexity index is 1090. The highest BCUT2D eigenvalue weighted by Gasteiger charge is 2.24. The fraction of sp³-hybridized carbons (Fsp3) is 0.370. The molecule has 188 valence electrons. The summed E-state index contributed by atoms with van der Waals surface area (Å²) in [5.74, 6) is -1.23. The van der Waals surface area contributed by atoms with Crippen LogP contribution < -0.4 is 4.74 Å². The Morgan fingerprint density at radius 2 is 1.97 bits per heavy atom. The number of nitrogens with zero attached hydrogens (tertiary/aromatic N) is 3. The smallest absolute Gasteiger partial charge is 0.227 e. The zero-order valence-corrected chi connectivity index (χ0v) is 20.3. The zero-order valence-electron chi connectivity index (χ0n) is 20.3. The molecule has 1 heterocycles. The van der Waals surface area contributed by atoms with Gasteiger partial charge in [-0.25, -0.2) is 13.5 Å². The van der Waals surface area contributed by atoms with Crippen molar-refractivity contribution >= 4 is 0 Å². The van der Waals surface area contributed by atoms with Gasteiger partial charge in [0.2, 0.25) is 5.88 Å². The molecule has 2 aromatic carbocycles. The maximum absolute atomic E-state index is 14.5. The van der Waals surface area contributed by atoms with E-state index in [1.165, 1.54) is 6.07 Å². The average molecular weight is 486 g/mol. The van der Waals surface area contributed by atoms with Crippen LogP contribution in [0.25, 0.3) is 5.69 Å². The minimum Gasteiger partial charge on any atom is -0.435 e. The third kappa shape index (κ3) is 7.21. The number of hydrogen-bond acceptors (Lipinski definition) is 5. The molecule has 8 heteroatoms. The summed E-state index contributed by atoms with van der Waals surface area (Å²) in [5.41, 5.74) is 2.31. The first-order valence-corrected chi connectivity index (χ1v) is 11.8. The molecule has 0 aliphatic heterocycles. The summed E-state index contributed by atoms with van der Waals surface area (Å²) >= 11 is 0. The molecule has 0 saturated carbocycles. The Morgan fingerprint density at radius 3 is 2.63 bits per heavy atom. The maximum atomic E-state index is 14.5. The van der Waals surface area contributed by atoms with Gasteiger partial charge in [0, 0.05) is 32.8 Å². The molecule has 35 heavy (non-hydrogen) atoms. The lowest BCUT2D eigenvalue weighted by Crippen LogP contribution is -2.34. The van der Waals surface area contributed by atoms with Crippen molar-refractivity contribution in [3.8, 4) is 17.3 Å². The van der Waals surface area contributed by atoms with Crippen LogP contribution in [0, 0.1) is 11.6 Å². The van der Waals surface area contributed by atoms with Crippen LogP contribution in [0.15, 0.2) is 61.2 Å². The van der Waals surface area contributed by atoms with Crippen LogP contribution in [0.2, 0.25) is 0 Å². The Balaban J connectivity index is 2.03. The molecule has 0 unspecified atom stereocenters. The Hall–Kier alpha value is -3.07. The number of ether oxygens (including phenoxy) is 2. The summed E-state index contributed by atoms with van der Waals surface area (Å²) in [6.45, 7) is 7.58. The second-order valence-corrected chi connectivity index (χ2v) is 8.26. The van der Waals surface area contributed by atoms with E-state index in [1.54, 1.807) is 17.9 Å². The molecule has 0 amide bonds. The highest BCUT2D eigenvalue weighted by atomic mass is 19.1. The van der Waals surface area contributed by atoms with Crippen molar-refractivity contribution in [3.63, 3.8) is 0 Å². The van der Waals surface area contributed by atoms with Crippen LogP contribution in [0.3, 0.4) is 0 Å². The normalized spacial score (nSPS) is 12.2. The number of methoxy groups -OCH3 is 1. The summed E-state index contributed by atoms with van der Waals surface area (Å²) in [7, 11) is 1.63. The van der Waals surface area contributed by atoms with E-state index in [9.17, 15) is 13.9 Å². The topological polar surface area (TPSA) is 59.8 Å². The Morgan fingerprint density at radius 1 is 1.20 bits per heavy atom. The van der Waals surface area contributed by atoms with Gasteiger partial charge in [0.1, 0.15) is 5.82 Å². The van der Waals surface area contributed by atoms with Crippen LogP contribution in [0.4, 0.5) is 8.78 Å². The van der Waals surface area contributed by atoms with Crippen molar-refractivity contribution in [2.45, 2.75) is 38.8 Å². The van der Waals surface area contributed by atoms with Gasteiger partial charge in [-0.05, 0) is 43.5 Å². The van der Waals surface area contributed by atoms with Gasteiger partial charge in [-0.1, -0.05) is 31.2 Å². The minimum absolute atomic E-state index is 0.0955. The molecule has 0 saturated heterocycles. The molecule has 3 aromatic rings. The molecule has 0 bridgehead atoms. The monoisotopic (exact) mass is 485 g/mol. The van der Waals surface area contributed by atoms with Crippen LogP contribution in [-0.2, 0) is 17.7 Å². The predicted octanol–water partition coefficient (Wildman–Crippen LogP) is 5.28. The van der Waals surface area contributed by atoms with E-state index in [0.717, 1.165) is 29.1 Å². The molecule has 6 nitrogen and oxygen atoms in total. The summed E-state index contributed by atoms with van der Waals surface area (Å²) in [5, 5.41) is 15.3. The molecular formula is C27H33F2N3O3. The third-order valence-corrected chi connectivity index (χ3v) is 5.62. The van der Waals surface area contributed by atoms with Gasteiger partial charge in [-0.2, -0.15) is 5.10 Å². The lowest BCUT2D eigenvalue weighted by molar-refractivity contribution is 0.0804. The lowest BCUT2D eigenvalue weighted by Gasteiger charge is -2.25. The van der Waals surface area contributed by atoms with Crippen molar-refractivity contribution in [1.29, 1.82) is 0 Å². The third-order valence-electron chi connectivity index (χ3n) is 5.62.